The number of hydrogen-bond donors (Lipinski definition) is 0. The van der Waals surface area contributed by atoms with Crippen LogP contribution >= 0.6 is 0 Å². The predicted octanol–water partition coefficient (Wildman–Crippen LogP) is 2.81. The van der Waals surface area contributed by atoms with Gasteiger partial charge in [0.25, 0.3) is 0 Å². The van der Waals surface area contributed by atoms with E-state index < -0.39 is 0 Å². The predicted molar refractivity (Wildman–Crippen MR) is 48.3 cm³/mol. The molecule has 1 heterocycles. The Morgan fingerprint density at radius 3 is 2.82 bits per heavy atom. The van der Waals surface area contributed by atoms with Crippen molar-refractivity contribution in [1.29, 1.82) is 0 Å². The van der Waals surface area contributed by atoms with Crippen LogP contribution in [0.1, 0.15) is 25.1 Å². The second-order valence-corrected chi connectivity index (χ2v) is 2.69. The van der Waals surface area contributed by atoms with E-state index in [9.17, 15) is 0 Å². The molecule has 0 spiro atoms. The molecule has 1 nitrogen and oxygen atoms in total. The van der Waals surface area contributed by atoms with Crippen molar-refractivity contribution in [2.24, 2.45) is 0 Å². The summed E-state index contributed by atoms with van der Waals surface area (Å²) in [7, 11) is 0. The monoisotopic (exact) mass is 147 g/mol. The third kappa shape index (κ3) is 1.90. The van der Waals surface area contributed by atoms with Crippen molar-refractivity contribution in [2.75, 3.05) is 0 Å². The Bertz CT molecular complexity index is 274. The summed E-state index contributed by atoms with van der Waals surface area (Å²) in [5.41, 5.74) is 3.57. The topological polar surface area (TPSA) is 12.9 Å². The number of aryl methyl sites for hydroxylation is 1. The van der Waals surface area contributed by atoms with Crippen molar-refractivity contribution >= 4 is 5.57 Å². The van der Waals surface area contributed by atoms with Crippen LogP contribution in [0.25, 0.3) is 5.57 Å². The third-order valence-electron chi connectivity index (χ3n) is 1.75. The van der Waals surface area contributed by atoms with Crippen LogP contribution in [0.3, 0.4) is 0 Å². The Labute approximate surface area is 67.8 Å². The molecule has 1 aromatic heterocycles. The van der Waals surface area contributed by atoms with E-state index in [-0.39, 0.29) is 0 Å². The van der Waals surface area contributed by atoms with E-state index in [0.717, 1.165) is 5.69 Å². The summed E-state index contributed by atoms with van der Waals surface area (Å²) in [6.07, 6.45) is 3.92. The van der Waals surface area contributed by atoms with Crippen molar-refractivity contribution < 1.29 is 0 Å². The van der Waals surface area contributed by atoms with E-state index in [1.807, 2.05) is 19.2 Å². The Balaban J connectivity index is 3.06. The SMILES string of the molecule is CC=C(C)c1cc(C)ccn1. The number of allylic oxidation sites excluding steroid dienone is 2. The fraction of sp³-hybridized carbons (Fsp3) is 0.300. The van der Waals surface area contributed by atoms with E-state index in [4.69, 9.17) is 0 Å². The highest BCUT2D eigenvalue weighted by molar-refractivity contribution is 5.60. The molecular weight excluding hydrogens is 134 g/mol. The molecule has 0 saturated heterocycles. The molecule has 0 unspecified atom stereocenters. The molecule has 0 aliphatic carbocycles. The standard InChI is InChI=1S/C10H13N/c1-4-9(3)10-7-8(2)5-6-11-10/h4-7H,1-3H3. The highest BCUT2D eigenvalue weighted by Crippen LogP contribution is 2.10. The largest absolute Gasteiger partial charge is 0.257 e. The first-order valence-electron chi connectivity index (χ1n) is 3.80. The molecular formula is C10H13N. The van der Waals surface area contributed by atoms with Gasteiger partial charge in [-0.15, -0.1) is 0 Å². The molecule has 1 heteroatoms. The van der Waals surface area contributed by atoms with Gasteiger partial charge in [0.05, 0.1) is 5.69 Å². The molecule has 0 atom stereocenters. The molecule has 1 rings (SSSR count). The molecule has 1 aromatic rings. The Kier molecular flexibility index (Phi) is 2.42. The van der Waals surface area contributed by atoms with Crippen LogP contribution < -0.4 is 0 Å². The third-order valence-corrected chi connectivity index (χ3v) is 1.75. The van der Waals surface area contributed by atoms with Gasteiger partial charge >= 0.3 is 0 Å². The summed E-state index contributed by atoms with van der Waals surface area (Å²) in [6, 6.07) is 4.10. The Morgan fingerprint density at radius 2 is 2.27 bits per heavy atom. The minimum atomic E-state index is 1.08. The minimum absolute atomic E-state index is 1.08. The molecule has 0 saturated carbocycles. The van der Waals surface area contributed by atoms with E-state index >= 15 is 0 Å². The lowest BCUT2D eigenvalue weighted by Crippen LogP contribution is -1.85. The van der Waals surface area contributed by atoms with E-state index in [0.29, 0.717) is 0 Å². The molecule has 0 aliphatic rings. The molecule has 0 amide bonds. The normalized spacial score (nSPS) is 11.7. The molecule has 0 fully saturated rings. The van der Waals surface area contributed by atoms with Crippen LogP contribution in [0.15, 0.2) is 24.4 Å². The molecule has 0 N–H and O–H groups in total. The minimum Gasteiger partial charge on any atom is -0.257 e. The first kappa shape index (κ1) is 7.99. The van der Waals surface area contributed by atoms with Gasteiger partial charge in [-0.25, -0.2) is 0 Å². The van der Waals surface area contributed by atoms with Gasteiger partial charge in [-0.05, 0) is 44.0 Å². The highest BCUT2D eigenvalue weighted by atomic mass is 14.7. The maximum atomic E-state index is 4.24. The van der Waals surface area contributed by atoms with Crippen LogP contribution in [-0.4, -0.2) is 4.98 Å². The molecule has 11 heavy (non-hydrogen) atoms. The van der Waals surface area contributed by atoms with Crippen molar-refractivity contribution in [1.82, 2.24) is 4.98 Å². The zero-order valence-electron chi connectivity index (χ0n) is 7.26. The van der Waals surface area contributed by atoms with E-state index in [1.165, 1.54) is 11.1 Å². The van der Waals surface area contributed by atoms with Gasteiger partial charge in [0, 0.05) is 6.20 Å². The van der Waals surface area contributed by atoms with Gasteiger partial charge in [0.2, 0.25) is 0 Å². The van der Waals surface area contributed by atoms with Gasteiger partial charge in [0.15, 0.2) is 0 Å². The lowest BCUT2D eigenvalue weighted by Gasteiger charge is -1.99. The Morgan fingerprint density at radius 1 is 1.55 bits per heavy atom. The van der Waals surface area contributed by atoms with Gasteiger partial charge in [-0.3, -0.25) is 4.98 Å². The number of rotatable bonds is 1. The summed E-state index contributed by atoms with van der Waals surface area (Å²) in [6.45, 7) is 6.18. The van der Waals surface area contributed by atoms with Gasteiger partial charge < -0.3 is 0 Å². The van der Waals surface area contributed by atoms with Crippen molar-refractivity contribution in [3.8, 4) is 0 Å². The highest BCUT2D eigenvalue weighted by Gasteiger charge is 1.94. The van der Waals surface area contributed by atoms with Crippen LogP contribution in [0.4, 0.5) is 0 Å². The second kappa shape index (κ2) is 3.33. The molecule has 0 aromatic carbocycles. The van der Waals surface area contributed by atoms with Crippen molar-refractivity contribution in [3.63, 3.8) is 0 Å². The molecule has 0 radical (unpaired) electrons. The average molecular weight is 147 g/mol. The zero-order chi connectivity index (χ0) is 8.27. The lowest BCUT2D eigenvalue weighted by molar-refractivity contribution is 1.23. The first-order valence-corrected chi connectivity index (χ1v) is 3.80. The van der Waals surface area contributed by atoms with Crippen LogP contribution in [0.2, 0.25) is 0 Å². The number of aromatic nitrogens is 1. The van der Waals surface area contributed by atoms with Gasteiger partial charge in [0.1, 0.15) is 0 Å². The molecule has 0 bridgehead atoms. The van der Waals surface area contributed by atoms with Crippen LogP contribution in [-0.2, 0) is 0 Å². The summed E-state index contributed by atoms with van der Waals surface area (Å²) in [5.74, 6) is 0. The smallest absolute Gasteiger partial charge is 0.0658 e. The maximum Gasteiger partial charge on any atom is 0.0658 e. The van der Waals surface area contributed by atoms with Crippen molar-refractivity contribution in [2.45, 2.75) is 20.8 Å². The molecule has 58 valence electrons. The second-order valence-electron chi connectivity index (χ2n) is 2.69. The number of pyridine rings is 1. The zero-order valence-corrected chi connectivity index (χ0v) is 7.26. The fourth-order valence-corrected chi connectivity index (χ4v) is 0.900. The summed E-state index contributed by atoms with van der Waals surface area (Å²) in [4.78, 5) is 4.24. The van der Waals surface area contributed by atoms with Crippen LogP contribution in [0, 0.1) is 6.92 Å². The van der Waals surface area contributed by atoms with E-state index in [1.54, 1.807) is 0 Å². The average Bonchev–Trinajstić information content (AvgIpc) is 2.03. The van der Waals surface area contributed by atoms with Gasteiger partial charge in [-0.2, -0.15) is 0 Å². The van der Waals surface area contributed by atoms with Crippen molar-refractivity contribution in [3.05, 3.63) is 35.7 Å². The lowest BCUT2D eigenvalue weighted by atomic mass is 10.1. The fourth-order valence-electron chi connectivity index (χ4n) is 0.900. The summed E-state index contributed by atoms with van der Waals surface area (Å²) in [5, 5.41) is 0. The number of hydrogen-bond acceptors (Lipinski definition) is 1. The Hall–Kier alpha value is -1.11. The van der Waals surface area contributed by atoms with Gasteiger partial charge in [-0.1, -0.05) is 6.08 Å². The van der Waals surface area contributed by atoms with Crippen LogP contribution in [0.5, 0.6) is 0 Å². The maximum absolute atomic E-state index is 4.24. The van der Waals surface area contributed by atoms with E-state index in [2.05, 4.69) is 31.0 Å². The summed E-state index contributed by atoms with van der Waals surface area (Å²) < 4.78 is 0. The number of nitrogens with zero attached hydrogens (tertiary/aromatic N) is 1. The first-order chi connectivity index (χ1) is 5.24. The summed E-state index contributed by atoms with van der Waals surface area (Å²) >= 11 is 0. The quantitative estimate of drug-likeness (QED) is 0.595. The molecule has 0 aliphatic heterocycles.